The van der Waals surface area contributed by atoms with E-state index in [-0.39, 0.29) is 11.3 Å². The summed E-state index contributed by atoms with van der Waals surface area (Å²) in [5.74, 6) is -0.259. The predicted octanol–water partition coefficient (Wildman–Crippen LogP) is 3.19. The van der Waals surface area contributed by atoms with E-state index in [0.717, 1.165) is 24.7 Å². The molecule has 2 aromatic carbocycles. The minimum atomic E-state index is -3.41. The van der Waals surface area contributed by atoms with Gasteiger partial charge < -0.3 is 10.1 Å². The highest BCUT2D eigenvalue weighted by atomic mass is 35.5. The summed E-state index contributed by atoms with van der Waals surface area (Å²) < 4.78 is 30.7. The second kappa shape index (κ2) is 8.51. The second-order valence-electron chi connectivity index (χ2n) is 7.04. The van der Waals surface area contributed by atoms with Gasteiger partial charge in [0.15, 0.2) is 0 Å². The Kier molecular flexibility index (Phi) is 6.27. The van der Waals surface area contributed by atoms with Gasteiger partial charge in [-0.3, -0.25) is 9.52 Å². The Morgan fingerprint density at radius 1 is 1.14 bits per heavy atom. The van der Waals surface area contributed by atoms with Crippen molar-refractivity contribution in [2.75, 3.05) is 30.7 Å². The number of amides is 1. The predicted molar refractivity (Wildman–Crippen MR) is 110 cm³/mol. The number of anilines is 1. The van der Waals surface area contributed by atoms with E-state index in [2.05, 4.69) is 10.0 Å². The first-order valence-electron chi connectivity index (χ1n) is 8.97. The van der Waals surface area contributed by atoms with E-state index in [4.69, 9.17) is 16.3 Å². The smallest absolute Gasteiger partial charge is 0.251 e. The summed E-state index contributed by atoms with van der Waals surface area (Å²) in [6.07, 6.45) is 2.63. The number of carbonyl (C=O) groups excluding carboxylic acids is 1. The van der Waals surface area contributed by atoms with Crippen LogP contribution in [-0.2, 0) is 20.2 Å². The Morgan fingerprint density at radius 2 is 1.86 bits per heavy atom. The number of hydrogen-bond donors (Lipinski definition) is 2. The molecule has 1 heterocycles. The van der Waals surface area contributed by atoms with Gasteiger partial charge in [0.25, 0.3) is 5.91 Å². The lowest BCUT2D eigenvalue weighted by Crippen LogP contribution is -2.44. The molecule has 2 N–H and O–H groups in total. The Balaban J connectivity index is 1.77. The molecule has 0 aliphatic carbocycles. The van der Waals surface area contributed by atoms with E-state index >= 15 is 0 Å². The third kappa shape index (κ3) is 5.25. The number of benzene rings is 2. The first-order chi connectivity index (χ1) is 13.3. The van der Waals surface area contributed by atoms with Crippen LogP contribution >= 0.6 is 11.6 Å². The molecule has 1 aliphatic heterocycles. The normalized spacial score (nSPS) is 16.4. The lowest BCUT2D eigenvalue weighted by molar-refractivity contribution is 0.0487. The van der Waals surface area contributed by atoms with E-state index in [0.29, 0.717) is 36.0 Å². The number of ether oxygens (including phenoxy) is 1. The van der Waals surface area contributed by atoms with Gasteiger partial charge in [0.2, 0.25) is 10.0 Å². The van der Waals surface area contributed by atoms with Gasteiger partial charge in [0.1, 0.15) is 0 Å². The first-order valence-corrected chi connectivity index (χ1v) is 11.2. The summed E-state index contributed by atoms with van der Waals surface area (Å²) in [6.45, 7) is 1.69. The van der Waals surface area contributed by atoms with Crippen molar-refractivity contribution in [2.45, 2.75) is 18.3 Å². The van der Waals surface area contributed by atoms with Crippen molar-refractivity contribution in [3.05, 3.63) is 64.7 Å². The van der Waals surface area contributed by atoms with Crippen molar-refractivity contribution >= 4 is 33.2 Å². The number of hydrogen-bond acceptors (Lipinski definition) is 4. The number of carbonyl (C=O) groups is 1. The zero-order valence-corrected chi connectivity index (χ0v) is 17.1. The molecule has 0 atom stereocenters. The van der Waals surface area contributed by atoms with Crippen molar-refractivity contribution in [3.63, 3.8) is 0 Å². The molecule has 1 saturated heterocycles. The van der Waals surface area contributed by atoms with Gasteiger partial charge in [-0.2, -0.15) is 0 Å². The monoisotopic (exact) mass is 422 g/mol. The second-order valence-corrected chi connectivity index (χ2v) is 9.23. The molecule has 0 bridgehead atoms. The molecule has 1 aliphatic rings. The maximum atomic E-state index is 12.7. The molecular weight excluding hydrogens is 400 g/mol. The summed E-state index contributed by atoms with van der Waals surface area (Å²) in [6, 6.07) is 14.1. The fourth-order valence-electron chi connectivity index (χ4n) is 3.44. The Bertz CT molecular complexity index is 956. The van der Waals surface area contributed by atoms with Crippen molar-refractivity contribution in [1.82, 2.24) is 5.32 Å². The zero-order chi connectivity index (χ0) is 20.2. The maximum Gasteiger partial charge on any atom is 0.251 e. The average Bonchev–Trinajstić information content (AvgIpc) is 2.66. The van der Waals surface area contributed by atoms with Gasteiger partial charge in [-0.15, -0.1) is 0 Å². The highest BCUT2D eigenvalue weighted by Crippen LogP contribution is 2.35. The minimum Gasteiger partial charge on any atom is -0.381 e. The molecule has 3 rings (SSSR count). The van der Waals surface area contributed by atoms with Gasteiger partial charge in [-0.25, -0.2) is 8.42 Å². The fourth-order valence-corrected chi connectivity index (χ4v) is 4.18. The van der Waals surface area contributed by atoms with Crippen LogP contribution in [0.15, 0.2) is 48.5 Å². The van der Waals surface area contributed by atoms with Crippen LogP contribution in [0.4, 0.5) is 5.69 Å². The largest absolute Gasteiger partial charge is 0.381 e. The molecule has 1 amide bonds. The van der Waals surface area contributed by atoms with Crippen molar-refractivity contribution in [1.29, 1.82) is 0 Å². The van der Waals surface area contributed by atoms with E-state index in [1.807, 2.05) is 24.3 Å². The summed E-state index contributed by atoms with van der Waals surface area (Å²) in [5, 5.41) is 3.66. The van der Waals surface area contributed by atoms with Crippen LogP contribution in [0.2, 0.25) is 5.02 Å². The van der Waals surface area contributed by atoms with Crippen LogP contribution in [0, 0.1) is 0 Å². The summed E-state index contributed by atoms with van der Waals surface area (Å²) in [4.78, 5) is 12.7. The van der Waals surface area contributed by atoms with Crippen molar-refractivity contribution < 1.29 is 17.9 Å². The molecule has 8 heteroatoms. The Hall–Kier alpha value is -2.09. The quantitative estimate of drug-likeness (QED) is 0.748. The van der Waals surface area contributed by atoms with Crippen molar-refractivity contribution in [2.24, 2.45) is 0 Å². The van der Waals surface area contributed by atoms with Crippen LogP contribution in [-0.4, -0.2) is 40.3 Å². The third-order valence-electron chi connectivity index (χ3n) is 4.90. The fraction of sp³-hybridized carbons (Fsp3) is 0.350. The molecule has 2 aromatic rings. The minimum absolute atomic E-state index is 0.249. The molecule has 28 heavy (non-hydrogen) atoms. The van der Waals surface area contributed by atoms with Crippen LogP contribution in [0.25, 0.3) is 0 Å². The molecular formula is C20H23ClN2O4S. The molecule has 0 unspecified atom stereocenters. The van der Waals surface area contributed by atoms with Gasteiger partial charge in [-0.1, -0.05) is 29.8 Å². The molecule has 0 spiro atoms. The molecule has 0 aromatic heterocycles. The number of sulfonamides is 1. The van der Waals surface area contributed by atoms with Crippen molar-refractivity contribution in [3.8, 4) is 0 Å². The van der Waals surface area contributed by atoms with Crippen LogP contribution in [0.3, 0.4) is 0 Å². The first kappa shape index (κ1) is 20.6. The third-order valence-corrected chi connectivity index (χ3v) is 5.74. The molecule has 0 saturated carbocycles. The number of rotatable bonds is 6. The summed E-state index contributed by atoms with van der Waals surface area (Å²) in [7, 11) is -3.41. The van der Waals surface area contributed by atoms with Crippen LogP contribution in [0.1, 0.15) is 28.8 Å². The summed E-state index contributed by atoms with van der Waals surface area (Å²) in [5.41, 5.74) is 1.57. The number of nitrogens with one attached hydrogen (secondary N) is 2. The van der Waals surface area contributed by atoms with Gasteiger partial charge in [0, 0.05) is 41.4 Å². The summed E-state index contributed by atoms with van der Waals surface area (Å²) >= 11 is 6.18. The van der Waals surface area contributed by atoms with Crippen LogP contribution < -0.4 is 10.0 Å². The zero-order valence-electron chi connectivity index (χ0n) is 15.6. The highest BCUT2D eigenvalue weighted by molar-refractivity contribution is 7.92. The highest BCUT2D eigenvalue weighted by Gasteiger charge is 2.35. The number of halogens is 1. The average molecular weight is 423 g/mol. The standard InChI is InChI=1S/C20H23ClN2O4S/c1-28(25,26)23-18-7-2-4-15(12-18)19(24)22-14-20(8-10-27-11-9-20)16-5-3-6-17(21)13-16/h2-7,12-13,23H,8-11,14H2,1H3,(H,22,24). The maximum absolute atomic E-state index is 12.7. The lowest BCUT2D eigenvalue weighted by Gasteiger charge is -2.38. The van der Waals surface area contributed by atoms with E-state index in [1.165, 1.54) is 6.07 Å². The van der Waals surface area contributed by atoms with E-state index in [1.54, 1.807) is 18.2 Å². The topological polar surface area (TPSA) is 84.5 Å². The molecule has 6 nitrogen and oxygen atoms in total. The SMILES string of the molecule is CS(=O)(=O)Nc1cccc(C(=O)NCC2(c3cccc(Cl)c3)CCOCC2)c1. The molecule has 150 valence electrons. The van der Waals surface area contributed by atoms with Gasteiger partial charge >= 0.3 is 0 Å². The van der Waals surface area contributed by atoms with E-state index < -0.39 is 10.0 Å². The molecule has 0 radical (unpaired) electrons. The lowest BCUT2D eigenvalue weighted by atomic mass is 9.74. The van der Waals surface area contributed by atoms with Crippen LogP contribution in [0.5, 0.6) is 0 Å². The van der Waals surface area contributed by atoms with E-state index in [9.17, 15) is 13.2 Å². The Morgan fingerprint density at radius 3 is 2.54 bits per heavy atom. The van der Waals surface area contributed by atoms with Gasteiger partial charge in [-0.05, 0) is 48.7 Å². The van der Waals surface area contributed by atoms with Gasteiger partial charge in [0.05, 0.1) is 6.26 Å². The Labute approximate surface area is 170 Å². The molecule has 1 fully saturated rings.